The van der Waals surface area contributed by atoms with Gasteiger partial charge in [-0.25, -0.2) is 14.8 Å². The molecule has 0 bridgehead atoms. The second-order valence-electron chi connectivity index (χ2n) is 9.91. The molecule has 1 saturated heterocycles. The number of amides is 1. The Morgan fingerprint density at radius 2 is 1.94 bits per heavy atom. The van der Waals surface area contributed by atoms with Crippen LogP contribution >= 0.6 is 22.6 Å². The molecule has 1 aliphatic rings. The lowest BCUT2D eigenvalue weighted by atomic mass is 10.1. The van der Waals surface area contributed by atoms with Gasteiger partial charge in [0.1, 0.15) is 16.9 Å². The van der Waals surface area contributed by atoms with Crippen LogP contribution in [0.3, 0.4) is 0 Å². The minimum atomic E-state index is -0.527. The van der Waals surface area contributed by atoms with Gasteiger partial charge in [0.2, 0.25) is 5.88 Å². The number of aromatic amines is 1. The summed E-state index contributed by atoms with van der Waals surface area (Å²) in [5.74, 6) is 0.860. The molecule has 0 aliphatic carbocycles. The first kappa shape index (κ1) is 26.4. The zero-order valence-electron chi connectivity index (χ0n) is 21.4. The van der Waals surface area contributed by atoms with E-state index in [0.717, 1.165) is 28.5 Å². The summed E-state index contributed by atoms with van der Waals surface area (Å²) < 4.78 is 14.2. The van der Waals surface area contributed by atoms with Gasteiger partial charge in [0.15, 0.2) is 5.52 Å². The molecule has 4 heterocycles. The van der Waals surface area contributed by atoms with Gasteiger partial charge in [0.05, 0.1) is 23.9 Å². The predicted molar refractivity (Wildman–Crippen MR) is 145 cm³/mol. The molecule has 0 spiro atoms. The quantitative estimate of drug-likeness (QED) is 0.403. The van der Waals surface area contributed by atoms with Gasteiger partial charge in [0, 0.05) is 22.9 Å². The Hall–Kier alpha value is -2.70. The van der Waals surface area contributed by atoms with E-state index >= 15 is 0 Å². The maximum absolute atomic E-state index is 13.1. The van der Waals surface area contributed by atoms with Gasteiger partial charge in [-0.15, -0.1) is 0 Å². The Labute approximate surface area is 223 Å². The first-order chi connectivity index (χ1) is 17.1. The lowest BCUT2D eigenvalue weighted by Gasteiger charge is -2.34. The van der Waals surface area contributed by atoms with Gasteiger partial charge >= 0.3 is 6.09 Å². The molecule has 1 N–H and O–H groups in total. The number of fused-ring (bicyclic) bond motifs is 1. The fourth-order valence-corrected chi connectivity index (χ4v) is 4.78. The van der Waals surface area contributed by atoms with Crippen LogP contribution in [-0.2, 0) is 11.2 Å². The molecule has 194 valence electrons. The van der Waals surface area contributed by atoms with E-state index < -0.39 is 5.60 Å². The van der Waals surface area contributed by atoms with E-state index in [-0.39, 0.29) is 17.7 Å². The van der Waals surface area contributed by atoms with Crippen LogP contribution in [0.25, 0.3) is 22.4 Å². The molecule has 4 rings (SSSR count). The number of rotatable bonds is 6. The number of nitrogens with one attached hydrogen (secondary N) is 1. The Morgan fingerprint density at radius 3 is 2.58 bits per heavy atom. The van der Waals surface area contributed by atoms with E-state index in [1.54, 1.807) is 11.1 Å². The molecular weight excluding hydrogens is 575 g/mol. The molecule has 1 fully saturated rings. The first-order valence-corrected chi connectivity index (χ1v) is 13.5. The average Bonchev–Trinajstić information content (AvgIpc) is 3.21. The number of carbonyl (C=O) groups is 1. The number of carbonyl (C=O) groups excluding carboxylic acids is 1. The molecule has 0 saturated carbocycles. The zero-order chi connectivity index (χ0) is 26.0. The van der Waals surface area contributed by atoms with Gasteiger partial charge < -0.3 is 19.4 Å². The Balaban J connectivity index is 1.66. The van der Waals surface area contributed by atoms with Crippen LogP contribution in [0.2, 0.25) is 0 Å². The molecule has 0 radical (unpaired) electrons. The topological polar surface area (TPSA) is 115 Å². The maximum Gasteiger partial charge on any atom is 0.410 e. The third-order valence-electron chi connectivity index (χ3n) is 5.97. The van der Waals surface area contributed by atoms with Crippen LogP contribution < -0.4 is 10.3 Å². The number of aromatic nitrogens is 5. The number of nitrogens with zero attached hydrogens (tertiary/aromatic N) is 5. The summed E-state index contributed by atoms with van der Waals surface area (Å²) in [6.07, 6.45) is 4.39. The van der Waals surface area contributed by atoms with E-state index in [4.69, 9.17) is 14.5 Å². The third-order valence-corrected chi connectivity index (χ3v) is 6.56. The summed E-state index contributed by atoms with van der Waals surface area (Å²) in [5.41, 5.74) is 1.64. The van der Waals surface area contributed by atoms with Crippen molar-refractivity contribution in [1.82, 2.24) is 29.6 Å². The number of hydrogen-bond donors (Lipinski definition) is 1. The van der Waals surface area contributed by atoms with Gasteiger partial charge in [-0.3, -0.25) is 9.48 Å². The number of aryl methyl sites for hydroxylation is 1. The summed E-state index contributed by atoms with van der Waals surface area (Å²) in [6.45, 7) is 11.3. The van der Waals surface area contributed by atoms with Crippen molar-refractivity contribution in [2.45, 2.75) is 71.9 Å². The molecule has 1 amide bonds. The van der Waals surface area contributed by atoms with Gasteiger partial charge in [0.25, 0.3) is 5.56 Å². The Bertz CT molecular complexity index is 1300. The van der Waals surface area contributed by atoms with Crippen LogP contribution in [-0.4, -0.2) is 61.0 Å². The number of hydrogen-bond acceptors (Lipinski definition) is 7. The Kier molecular flexibility index (Phi) is 7.86. The summed E-state index contributed by atoms with van der Waals surface area (Å²) in [5, 5.41) is 4.69. The average molecular weight is 608 g/mol. The lowest BCUT2D eigenvalue weighted by Crippen LogP contribution is -2.42. The van der Waals surface area contributed by atoms with Crippen LogP contribution in [0.1, 0.15) is 65.6 Å². The highest BCUT2D eigenvalue weighted by Crippen LogP contribution is 2.30. The molecule has 0 atom stereocenters. The van der Waals surface area contributed by atoms with Crippen molar-refractivity contribution < 1.29 is 14.3 Å². The predicted octanol–water partition coefficient (Wildman–Crippen LogP) is 4.71. The van der Waals surface area contributed by atoms with Crippen LogP contribution in [0.5, 0.6) is 5.88 Å². The highest BCUT2D eigenvalue weighted by atomic mass is 127. The number of halogens is 1. The van der Waals surface area contributed by atoms with Crippen molar-refractivity contribution in [2.24, 2.45) is 0 Å². The van der Waals surface area contributed by atoms with E-state index in [9.17, 15) is 9.59 Å². The largest absolute Gasteiger partial charge is 0.477 e. The van der Waals surface area contributed by atoms with Gasteiger partial charge in [-0.1, -0.05) is 13.8 Å². The second-order valence-corrected chi connectivity index (χ2v) is 11.2. The molecule has 10 nitrogen and oxygen atoms in total. The van der Waals surface area contributed by atoms with Crippen molar-refractivity contribution >= 4 is 39.7 Å². The summed E-state index contributed by atoms with van der Waals surface area (Å²) in [7, 11) is 0. The maximum atomic E-state index is 13.1. The van der Waals surface area contributed by atoms with Crippen molar-refractivity contribution in [1.29, 1.82) is 0 Å². The molecule has 3 aromatic rings. The number of pyridine rings is 1. The van der Waals surface area contributed by atoms with E-state index in [2.05, 4.69) is 37.7 Å². The zero-order valence-corrected chi connectivity index (χ0v) is 23.6. The van der Waals surface area contributed by atoms with Crippen molar-refractivity contribution in [2.75, 3.05) is 19.7 Å². The fraction of sp³-hybridized carbons (Fsp3) is 0.560. The number of piperidine rings is 1. The van der Waals surface area contributed by atoms with E-state index in [0.29, 0.717) is 54.4 Å². The molecular formula is C25H33IN6O4. The summed E-state index contributed by atoms with van der Waals surface area (Å²) in [4.78, 5) is 39.5. The number of likely N-dealkylation sites (tertiary alicyclic amines) is 1. The third kappa shape index (κ3) is 5.65. The van der Waals surface area contributed by atoms with Crippen molar-refractivity contribution in [3.63, 3.8) is 0 Å². The molecule has 3 aromatic heterocycles. The molecule has 1 aliphatic heterocycles. The Morgan fingerprint density at radius 1 is 1.22 bits per heavy atom. The van der Waals surface area contributed by atoms with Crippen molar-refractivity contribution in [3.05, 3.63) is 31.9 Å². The molecule has 0 aromatic carbocycles. The second kappa shape index (κ2) is 10.7. The summed E-state index contributed by atoms with van der Waals surface area (Å²) in [6, 6.07) is 1.98. The lowest BCUT2D eigenvalue weighted by molar-refractivity contribution is 0.0184. The van der Waals surface area contributed by atoms with Gasteiger partial charge in [-0.05, 0) is 75.1 Å². The minimum Gasteiger partial charge on any atom is -0.477 e. The SMILES string of the molecule is CCCOc1ncc(I)cc1-c1nc2c(CC)n(C3CCN(C(=O)OC(C)(C)C)CC3)nc2c(=O)[nH]1. The number of ether oxygens (including phenoxy) is 2. The van der Waals surface area contributed by atoms with E-state index in [1.807, 2.05) is 45.4 Å². The number of H-pyrrole nitrogens is 1. The smallest absolute Gasteiger partial charge is 0.410 e. The normalized spacial score (nSPS) is 14.9. The minimum absolute atomic E-state index is 0.0680. The van der Waals surface area contributed by atoms with Crippen LogP contribution in [0.4, 0.5) is 4.79 Å². The van der Waals surface area contributed by atoms with Crippen molar-refractivity contribution in [3.8, 4) is 17.3 Å². The summed E-state index contributed by atoms with van der Waals surface area (Å²) >= 11 is 2.18. The van der Waals surface area contributed by atoms with Crippen LogP contribution in [0, 0.1) is 3.57 Å². The standard InChI is InChI=1S/C25H33IN6O4/c1-6-12-35-23-17(13-15(26)14-27-23)21-28-19-18(7-2)32(30-20(19)22(33)29-21)16-8-10-31(11-9-16)24(34)36-25(3,4)5/h13-14,16H,6-12H2,1-5H3,(H,28,29,33). The molecule has 36 heavy (non-hydrogen) atoms. The fourth-order valence-electron chi connectivity index (χ4n) is 4.33. The molecule has 0 unspecified atom stereocenters. The molecule has 11 heteroatoms. The van der Waals surface area contributed by atoms with Crippen LogP contribution in [0.15, 0.2) is 17.1 Å². The van der Waals surface area contributed by atoms with E-state index in [1.165, 1.54) is 0 Å². The van der Waals surface area contributed by atoms with Gasteiger partial charge in [-0.2, -0.15) is 5.10 Å². The first-order valence-electron chi connectivity index (χ1n) is 12.4. The highest BCUT2D eigenvalue weighted by molar-refractivity contribution is 14.1. The monoisotopic (exact) mass is 608 g/mol. The highest BCUT2D eigenvalue weighted by Gasteiger charge is 2.30.